The fraction of sp³-hybridized carbons (Fsp3) is 0.0909. The molecule has 0 atom stereocenters. The van der Waals surface area contributed by atoms with Gasteiger partial charge in [0, 0.05) is 38.9 Å². The summed E-state index contributed by atoms with van der Waals surface area (Å²) in [5.41, 5.74) is 19.5. The summed E-state index contributed by atoms with van der Waals surface area (Å²) in [7, 11) is 0. The van der Waals surface area contributed by atoms with Crippen molar-refractivity contribution in [3.8, 4) is 39.1 Å². The number of para-hydroxylation sites is 1. The smallest absolute Gasteiger partial charge is 0.0541 e. The van der Waals surface area contributed by atoms with Crippen LogP contribution in [0.5, 0.6) is 0 Å². The van der Waals surface area contributed by atoms with Crippen molar-refractivity contribution in [2.45, 2.75) is 32.6 Å². The third kappa shape index (κ3) is 5.79. The van der Waals surface area contributed by atoms with Crippen LogP contribution in [0.2, 0.25) is 0 Å². The van der Waals surface area contributed by atoms with Crippen LogP contribution in [-0.2, 0) is 11.8 Å². The highest BCUT2D eigenvalue weighted by Crippen LogP contribution is 2.50. The summed E-state index contributed by atoms with van der Waals surface area (Å²) in [6, 6.07) is 67.0. The minimum atomic E-state index is -0.0941. The summed E-state index contributed by atoms with van der Waals surface area (Å²) in [6.07, 6.45) is 2.92. The summed E-state index contributed by atoms with van der Waals surface area (Å²) < 4.78 is 2.40. The molecule has 10 rings (SSSR count). The van der Waals surface area contributed by atoms with E-state index in [1.165, 1.54) is 77.6 Å². The quantitative estimate of drug-likeness (QED) is 0.151. The van der Waals surface area contributed by atoms with Crippen LogP contribution in [0.25, 0.3) is 66.9 Å². The number of fused-ring (bicyclic) bond motifs is 6. The second-order valence-electron chi connectivity index (χ2n) is 15.8. The van der Waals surface area contributed by atoms with Gasteiger partial charge in [-0.1, -0.05) is 149 Å². The van der Waals surface area contributed by atoms with E-state index in [2.05, 4.69) is 219 Å². The van der Waals surface area contributed by atoms with Crippen molar-refractivity contribution in [2.24, 2.45) is 0 Å². The Morgan fingerprint density at radius 2 is 1.11 bits per heavy atom. The van der Waals surface area contributed by atoms with Crippen LogP contribution in [-0.4, -0.2) is 4.57 Å². The predicted octanol–water partition coefficient (Wildman–Crippen LogP) is 15.1. The molecule has 274 valence electrons. The molecule has 8 aromatic carbocycles. The number of rotatable bonds is 8. The molecule has 0 N–H and O–H groups in total. The zero-order valence-electron chi connectivity index (χ0n) is 32.7. The van der Waals surface area contributed by atoms with E-state index >= 15 is 0 Å². The molecule has 1 aliphatic rings. The van der Waals surface area contributed by atoms with Crippen LogP contribution < -0.4 is 4.90 Å². The highest BCUT2D eigenvalue weighted by Gasteiger charge is 2.35. The van der Waals surface area contributed by atoms with Crippen molar-refractivity contribution in [3.63, 3.8) is 0 Å². The zero-order valence-corrected chi connectivity index (χ0v) is 32.7. The second-order valence-corrected chi connectivity index (χ2v) is 15.8. The Morgan fingerprint density at radius 1 is 0.509 bits per heavy atom. The van der Waals surface area contributed by atoms with Crippen molar-refractivity contribution in [1.29, 1.82) is 0 Å². The molecule has 0 fully saturated rings. The van der Waals surface area contributed by atoms with Crippen molar-refractivity contribution >= 4 is 44.9 Å². The Labute approximate surface area is 335 Å². The topological polar surface area (TPSA) is 8.17 Å². The Balaban J connectivity index is 1.06. The first-order valence-electron chi connectivity index (χ1n) is 20.0. The van der Waals surface area contributed by atoms with E-state index in [0.717, 1.165) is 29.0 Å². The fourth-order valence-electron chi connectivity index (χ4n) is 9.10. The molecule has 1 heterocycles. The average Bonchev–Trinajstić information content (AvgIpc) is 3.72. The molecule has 0 spiro atoms. The fourth-order valence-corrected chi connectivity index (χ4v) is 9.10. The first-order chi connectivity index (χ1) is 27.9. The van der Waals surface area contributed by atoms with Gasteiger partial charge in [-0.25, -0.2) is 0 Å². The van der Waals surface area contributed by atoms with Crippen LogP contribution in [0.3, 0.4) is 0 Å². The molecular formula is C55H44N2. The summed E-state index contributed by atoms with van der Waals surface area (Å²) in [4.78, 5) is 2.40. The minimum absolute atomic E-state index is 0.0941. The first-order valence-corrected chi connectivity index (χ1v) is 20.0. The van der Waals surface area contributed by atoms with Crippen molar-refractivity contribution in [3.05, 3.63) is 211 Å². The second kappa shape index (κ2) is 13.7. The molecule has 2 heteroatoms. The average molecular weight is 733 g/mol. The summed E-state index contributed by atoms with van der Waals surface area (Å²) in [5.74, 6) is 0. The number of benzene rings is 8. The molecule has 0 unspecified atom stereocenters. The maximum atomic E-state index is 4.08. The lowest BCUT2D eigenvalue weighted by molar-refractivity contribution is 0.660. The Hall–Kier alpha value is -6.90. The van der Waals surface area contributed by atoms with Gasteiger partial charge in [0.2, 0.25) is 0 Å². The molecule has 9 aromatic rings. The van der Waals surface area contributed by atoms with Gasteiger partial charge in [-0.05, 0) is 129 Å². The molecule has 0 saturated carbocycles. The molecule has 0 radical (unpaired) electrons. The van der Waals surface area contributed by atoms with E-state index in [9.17, 15) is 0 Å². The van der Waals surface area contributed by atoms with E-state index in [4.69, 9.17) is 0 Å². The SMILES string of the molecule is C=Cc1cc(CC)cc(-n2c3ccccc3c3cc(-c4ccc(N(c5ccc(-c6ccccc6)cc5)c5ccc6c(c5)C(C)(C)c5ccccc5-6)cc4)ccc32)c1. The Bertz CT molecular complexity index is 2960. The van der Waals surface area contributed by atoms with Crippen LogP contribution in [0.1, 0.15) is 43.0 Å². The van der Waals surface area contributed by atoms with E-state index < -0.39 is 0 Å². The number of hydrogen-bond acceptors (Lipinski definition) is 1. The van der Waals surface area contributed by atoms with Gasteiger partial charge in [0.15, 0.2) is 0 Å². The van der Waals surface area contributed by atoms with Crippen molar-refractivity contribution < 1.29 is 0 Å². The van der Waals surface area contributed by atoms with Gasteiger partial charge in [-0.15, -0.1) is 0 Å². The number of aromatic nitrogens is 1. The molecule has 0 aliphatic heterocycles. The Morgan fingerprint density at radius 3 is 1.84 bits per heavy atom. The normalized spacial score (nSPS) is 12.8. The monoisotopic (exact) mass is 732 g/mol. The third-order valence-electron chi connectivity index (χ3n) is 12.1. The van der Waals surface area contributed by atoms with Gasteiger partial charge in [-0.3, -0.25) is 0 Å². The maximum Gasteiger partial charge on any atom is 0.0541 e. The molecule has 2 nitrogen and oxygen atoms in total. The van der Waals surface area contributed by atoms with Crippen LogP contribution >= 0.6 is 0 Å². The Kier molecular flexibility index (Phi) is 8.30. The zero-order chi connectivity index (χ0) is 38.7. The van der Waals surface area contributed by atoms with Gasteiger partial charge in [0.05, 0.1) is 11.0 Å². The van der Waals surface area contributed by atoms with E-state index in [1.807, 2.05) is 6.08 Å². The molecular weight excluding hydrogens is 689 g/mol. The van der Waals surface area contributed by atoms with Gasteiger partial charge < -0.3 is 9.47 Å². The van der Waals surface area contributed by atoms with E-state index in [0.29, 0.717) is 0 Å². The lowest BCUT2D eigenvalue weighted by Gasteiger charge is -2.28. The van der Waals surface area contributed by atoms with Gasteiger partial charge in [0.25, 0.3) is 0 Å². The van der Waals surface area contributed by atoms with Crippen molar-refractivity contribution in [1.82, 2.24) is 4.57 Å². The first kappa shape index (κ1) is 34.6. The van der Waals surface area contributed by atoms with Crippen molar-refractivity contribution in [2.75, 3.05) is 4.90 Å². The van der Waals surface area contributed by atoms with Crippen LogP contribution in [0.15, 0.2) is 189 Å². The number of anilines is 3. The maximum absolute atomic E-state index is 4.08. The standard InChI is InChI=1S/C55H44N2/c1-5-37-32-38(6-2)34-46(33-37)57-53-19-13-11-17-49(53)50-35-42(24-31-54(50)57)41-22-27-44(28-23-41)56(43-25-20-40(21-26-43)39-14-8-7-9-15-39)45-29-30-48-47-16-10-12-18-51(47)55(3,4)52(48)36-45/h5,7-36H,1,6H2,2-4H3. The minimum Gasteiger partial charge on any atom is -0.310 e. The molecule has 0 bridgehead atoms. The lowest BCUT2D eigenvalue weighted by Crippen LogP contribution is -2.16. The summed E-state index contributed by atoms with van der Waals surface area (Å²) in [5, 5.41) is 2.50. The lowest BCUT2D eigenvalue weighted by atomic mass is 9.82. The molecule has 1 aliphatic carbocycles. The highest BCUT2D eigenvalue weighted by molar-refractivity contribution is 6.10. The molecule has 57 heavy (non-hydrogen) atoms. The molecule has 0 amide bonds. The number of nitrogens with zero attached hydrogens (tertiary/aromatic N) is 2. The summed E-state index contributed by atoms with van der Waals surface area (Å²) in [6.45, 7) is 11.0. The largest absolute Gasteiger partial charge is 0.310 e. The van der Waals surface area contributed by atoms with E-state index in [-0.39, 0.29) is 5.41 Å². The van der Waals surface area contributed by atoms with E-state index in [1.54, 1.807) is 0 Å². The predicted molar refractivity (Wildman–Crippen MR) is 243 cm³/mol. The van der Waals surface area contributed by atoms with Crippen LogP contribution in [0.4, 0.5) is 17.1 Å². The molecule has 0 saturated heterocycles. The molecule has 1 aromatic heterocycles. The third-order valence-corrected chi connectivity index (χ3v) is 12.1. The summed E-state index contributed by atoms with van der Waals surface area (Å²) >= 11 is 0. The van der Waals surface area contributed by atoms with Gasteiger partial charge in [-0.2, -0.15) is 0 Å². The van der Waals surface area contributed by atoms with Gasteiger partial charge >= 0.3 is 0 Å². The van der Waals surface area contributed by atoms with Crippen LogP contribution in [0, 0.1) is 0 Å². The van der Waals surface area contributed by atoms with Gasteiger partial charge in [0.1, 0.15) is 0 Å². The highest BCUT2D eigenvalue weighted by atomic mass is 15.1. The number of aryl methyl sites for hydroxylation is 1. The number of hydrogen-bond donors (Lipinski definition) is 0.